The van der Waals surface area contributed by atoms with Crippen LogP contribution in [0.4, 0.5) is 4.79 Å². The third-order valence-electron chi connectivity index (χ3n) is 4.95. The maximum Gasteiger partial charge on any atom is 0.322 e. The van der Waals surface area contributed by atoms with Crippen LogP contribution in [0.5, 0.6) is 0 Å². The minimum Gasteiger partial charge on any atom is -0.334 e. The van der Waals surface area contributed by atoms with Gasteiger partial charge < -0.3 is 15.5 Å². The molecule has 0 bridgehead atoms. The minimum atomic E-state index is -1.10. The molecule has 0 saturated carbocycles. The van der Waals surface area contributed by atoms with Crippen molar-refractivity contribution in [3.05, 3.63) is 35.4 Å². The number of nitrogens with one attached hydrogen (secondary N) is 3. The molecular formula is C18H24N4O3. The molecule has 0 aromatic heterocycles. The number of urea groups is 1. The van der Waals surface area contributed by atoms with Crippen molar-refractivity contribution in [3.63, 3.8) is 0 Å². The molecule has 7 heteroatoms. The molecule has 2 unspecified atom stereocenters. The largest absolute Gasteiger partial charge is 0.334 e. The molecular weight excluding hydrogens is 320 g/mol. The van der Waals surface area contributed by atoms with E-state index in [-0.39, 0.29) is 17.9 Å². The Morgan fingerprint density at radius 1 is 1.28 bits per heavy atom. The molecule has 0 aliphatic carbocycles. The monoisotopic (exact) mass is 344 g/mol. The zero-order valence-electron chi connectivity index (χ0n) is 14.6. The number of amides is 4. The van der Waals surface area contributed by atoms with Gasteiger partial charge in [0, 0.05) is 24.7 Å². The van der Waals surface area contributed by atoms with Gasteiger partial charge in [-0.2, -0.15) is 0 Å². The van der Waals surface area contributed by atoms with Crippen LogP contribution in [-0.4, -0.2) is 48.4 Å². The summed E-state index contributed by atoms with van der Waals surface area (Å²) in [6.07, 6.45) is 1.87. The van der Waals surface area contributed by atoms with E-state index in [1.807, 2.05) is 4.90 Å². The number of hydrogen-bond acceptors (Lipinski definition) is 4. The van der Waals surface area contributed by atoms with Gasteiger partial charge in [-0.3, -0.25) is 14.9 Å². The van der Waals surface area contributed by atoms with Crippen molar-refractivity contribution < 1.29 is 14.4 Å². The molecule has 1 aromatic carbocycles. The number of imide groups is 1. The van der Waals surface area contributed by atoms with E-state index in [1.54, 1.807) is 31.2 Å². The molecule has 2 aliphatic rings. The summed E-state index contributed by atoms with van der Waals surface area (Å²) >= 11 is 0. The van der Waals surface area contributed by atoms with Gasteiger partial charge in [-0.1, -0.05) is 19.1 Å². The number of benzene rings is 1. The second-order valence-electron chi connectivity index (χ2n) is 6.76. The molecule has 4 amide bonds. The third-order valence-corrected chi connectivity index (χ3v) is 4.95. The molecule has 25 heavy (non-hydrogen) atoms. The van der Waals surface area contributed by atoms with Crippen LogP contribution in [0, 0.1) is 0 Å². The highest BCUT2D eigenvalue weighted by molar-refractivity contribution is 6.07. The number of carbonyl (C=O) groups is 3. The Hall–Kier alpha value is -2.41. The smallest absolute Gasteiger partial charge is 0.322 e. The van der Waals surface area contributed by atoms with Crippen molar-refractivity contribution in [1.82, 2.24) is 20.9 Å². The Balaban J connectivity index is 1.80. The molecule has 3 rings (SSSR count). The van der Waals surface area contributed by atoms with E-state index in [9.17, 15) is 14.4 Å². The summed E-state index contributed by atoms with van der Waals surface area (Å²) in [5.41, 5.74) is 0.145. The molecule has 2 heterocycles. The van der Waals surface area contributed by atoms with Gasteiger partial charge in [0.15, 0.2) is 0 Å². The summed E-state index contributed by atoms with van der Waals surface area (Å²) in [7, 11) is 0. The maximum absolute atomic E-state index is 12.9. The highest BCUT2D eigenvalue weighted by atomic mass is 16.2. The van der Waals surface area contributed by atoms with E-state index in [2.05, 4.69) is 22.9 Å². The molecule has 2 aliphatic heterocycles. The highest BCUT2D eigenvalue weighted by Crippen LogP contribution is 2.25. The van der Waals surface area contributed by atoms with E-state index in [1.165, 1.54) is 0 Å². The number of rotatable bonds is 5. The third kappa shape index (κ3) is 3.24. The quantitative estimate of drug-likeness (QED) is 0.694. The first-order valence-electron chi connectivity index (χ1n) is 8.71. The molecule has 7 nitrogen and oxygen atoms in total. The van der Waals surface area contributed by atoms with E-state index in [4.69, 9.17) is 0 Å². The SMILES string of the molecule is CCCN(C(=O)c1ccc(C2(C)NC(=O)NC2=O)cc1)C1CCNC1. The lowest BCUT2D eigenvalue weighted by Crippen LogP contribution is -2.42. The number of hydrogen-bond donors (Lipinski definition) is 3. The molecule has 2 atom stereocenters. The van der Waals surface area contributed by atoms with E-state index < -0.39 is 11.6 Å². The standard InChI is InChI=1S/C18H24N4O3/c1-3-10-22(14-8-9-19-11-14)15(23)12-4-6-13(7-5-12)18(2)16(24)20-17(25)21-18/h4-7,14,19H,3,8-11H2,1-2H3,(H2,20,21,24,25). The fourth-order valence-corrected chi connectivity index (χ4v) is 3.45. The minimum absolute atomic E-state index is 0.00663. The van der Waals surface area contributed by atoms with Crippen molar-refractivity contribution in [2.45, 2.75) is 38.3 Å². The van der Waals surface area contributed by atoms with Gasteiger partial charge in [-0.25, -0.2) is 4.79 Å². The van der Waals surface area contributed by atoms with Gasteiger partial charge in [0.25, 0.3) is 11.8 Å². The van der Waals surface area contributed by atoms with Gasteiger partial charge in [-0.05, 0) is 44.0 Å². The summed E-state index contributed by atoms with van der Waals surface area (Å²) in [5.74, 6) is -0.381. The van der Waals surface area contributed by atoms with E-state index in [0.717, 1.165) is 32.5 Å². The van der Waals surface area contributed by atoms with E-state index in [0.29, 0.717) is 11.1 Å². The van der Waals surface area contributed by atoms with Crippen molar-refractivity contribution in [2.75, 3.05) is 19.6 Å². The number of carbonyl (C=O) groups excluding carboxylic acids is 3. The predicted octanol–water partition coefficient (Wildman–Crippen LogP) is 0.955. The van der Waals surface area contributed by atoms with Gasteiger partial charge in [0.05, 0.1) is 0 Å². The van der Waals surface area contributed by atoms with Crippen LogP contribution >= 0.6 is 0 Å². The average molecular weight is 344 g/mol. The van der Waals surface area contributed by atoms with Gasteiger partial charge in [-0.15, -0.1) is 0 Å². The molecule has 0 spiro atoms. The van der Waals surface area contributed by atoms with Crippen LogP contribution in [0.1, 0.15) is 42.6 Å². The topological polar surface area (TPSA) is 90.5 Å². The molecule has 3 N–H and O–H groups in total. The fourth-order valence-electron chi connectivity index (χ4n) is 3.45. The zero-order valence-corrected chi connectivity index (χ0v) is 14.6. The van der Waals surface area contributed by atoms with Gasteiger partial charge >= 0.3 is 6.03 Å². The Labute approximate surface area is 147 Å². The summed E-state index contributed by atoms with van der Waals surface area (Å²) in [5, 5.41) is 8.17. The normalized spacial score (nSPS) is 25.6. The van der Waals surface area contributed by atoms with Crippen LogP contribution in [-0.2, 0) is 10.3 Å². The Kier molecular flexibility index (Phi) is 4.76. The molecule has 2 saturated heterocycles. The van der Waals surface area contributed by atoms with Crippen molar-refractivity contribution in [2.24, 2.45) is 0 Å². The highest BCUT2D eigenvalue weighted by Gasteiger charge is 2.43. The van der Waals surface area contributed by atoms with Gasteiger partial charge in [0.2, 0.25) is 0 Å². The van der Waals surface area contributed by atoms with Crippen molar-refractivity contribution in [3.8, 4) is 0 Å². The lowest BCUT2D eigenvalue weighted by Gasteiger charge is -2.28. The first-order chi connectivity index (χ1) is 12.0. The summed E-state index contributed by atoms with van der Waals surface area (Å²) in [4.78, 5) is 38.3. The van der Waals surface area contributed by atoms with Gasteiger partial charge in [0.1, 0.15) is 5.54 Å². The lowest BCUT2D eigenvalue weighted by atomic mass is 9.91. The fraction of sp³-hybridized carbons (Fsp3) is 0.500. The first-order valence-corrected chi connectivity index (χ1v) is 8.71. The second-order valence-corrected chi connectivity index (χ2v) is 6.76. The molecule has 134 valence electrons. The van der Waals surface area contributed by atoms with Crippen LogP contribution in [0.25, 0.3) is 0 Å². The average Bonchev–Trinajstić information content (AvgIpc) is 3.21. The van der Waals surface area contributed by atoms with Crippen LogP contribution in [0.3, 0.4) is 0 Å². The van der Waals surface area contributed by atoms with Crippen LogP contribution in [0.2, 0.25) is 0 Å². The Morgan fingerprint density at radius 3 is 2.52 bits per heavy atom. The summed E-state index contributed by atoms with van der Waals surface area (Å²) in [6, 6.07) is 6.64. The zero-order chi connectivity index (χ0) is 18.0. The van der Waals surface area contributed by atoms with Crippen molar-refractivity contribution >= 4 is 17.8 Å². The number of nitrogens with zero attached hydrogens (tertiary/aromatic N) is 1. The Morgan fingerprint density at radius 2 is 2.00 bits per heavy atom. The molecule has 2 fully saturated rings. The van der Waals surface area contributed by atoms with E-state index >= 15 is 0 Å². The second kappa shape index (κ2) is 6.84. The predicted molar refractivity (Wildman–Crippen MR) is 93.1 cm³/mol. The van der Waals surface area contributed by atoms with Crippen LogP contribution in [0.15, 0.2) is 24.3 Å². The van der Waals surface area contributed by atoms with Crippen LogP contribution < -0.4 is 16.0 Å². The summed E-state index contributed by atoms with van der Waals surface area (Å²) < 4.78 is 0. The van der Waals surface area contributed by atoms with Crippen molar-refractivity contribution in [1.29, 1.82) is 0 Å². The molecule has 0 radical (unpaired) electrons. The first kappa shape index (κ1) is 17.4. The summed E-state index contributed by atoms with van der Waals surface area (Å²) in [6.45, 7) is 6.20. The molecule has 1 aromatic rings. The Bertz CT molecular complexity index is 682. The maximum atomic E-state index is 12.9. The lowest BCUT2D eigenvalue weighted by molar-refractivity contribution is -0.123.